The Kier molecular flexibility index (Phi) is 4.14. The molecular weight excluding hydrogens is 386 g/mol. The van der Waals surface area contributed by atoms with Crippen LogP contribution in [0.5, 0.6) is 0 Å². The summed E-state index contributed by atoms with van der Waals surface area (Å²) in [6.07, 6.45) is 1.61. The maximum absolute atomic E-state index is 12.9. The van der Waals surface area contributed by atoms with Crippen molar-refractivity contribution in [3.05, 3.63) is 68.0 Å². The third-order valence-electron chi connectivity index (χ3n) is 4.75. The molecule has 1 aliphatic carbocycles. The zero-order chi connectivity index (χ0) is 16.7. The number of allylic oxidation sites excluding steroid dienone is 2. The molecule has 0 radical (unpaired) electrons. The molecule has 0 bridgehead atoms. The van der Waals surface area contributed by atoms with Crippen molar-refractivity contribution in [2.75, 3.05) is 0 Å². The van der Waals surface area contributed by atoms with E-state index in [0.717, 1.165) is 27.7 Å². The average molecular weight is 402 g/mol. The molecule has 1 N–H and O–H groups in total. The van der Waals surface area contributed by atoms with Gasteiger partial charge in [-0.1, -0.05) is 34.1 Å². The third kappa shape index (κ3) is 2.87. The number of rotatable bonds is 2. The monoisotopic (exact) mass is 401 g/mol. The second-order valence-electron chi connectivity index (χ2n) is 6.29. The first-order valence-corrected chi connectivity index (χ1v) is 9.64. The summed E-state index contributed by atoms with van der Waals surface area (Å²) >= 11 is 5.11. The second kappa shape index (κ2) is 6.30. The van der Waals surface area contributed by atoms with Crippen molar-refractivity contribution >= 4 is 39.0 Å². The minimum atomic E-state index is -0.126. The molecule has 2 aromatic rings. The highest BCUT2D eigenvalue weighted by molar-refractivity contribution is 9.10. The molecular formula is C19H16BrNO2S. The normalized spacial score (nSPS) is 23.9. The van der Waals surface area contributed by atoms with Gasteiger partial charge in [-0.25, -0.2) is 0 Å². The molecule has 2 atom stereocenters. The van der Waals surface area contributed by atoms with E-state index in [2.05, 4.69) is 27.3 Å². The van der Waals surface area contributed by atoms with Gasteiger partial charge in [0.15, 0.2) is 5.78 Å². The predicted molar refractivity (Wildman–Crippen MR) is 98.0 cm³/mol. The molecule has 122 valence electrons. The van der Waals surface area contributed by atoms with Crippen molar-refractivity contribution in [1.29, 1.82) is 0 Å². The zero-order valence-electron chi connectivity index (χ0n) is 12.9. The third-order valence-corrected chi connectivity index (χ3v) is 6.32. The standard InChI is InChI=1S/C19H16BrNO2S/c20-13-5-3-11(4-6-13)14-10-18(23)21-15-8-12(9-16(22)19(14)15)17-2-1-7-24-17/h1-7,12,14H,8-10H2,(H,21,23)/t12-,14+/m0/s1. The van der Waals surface area contributed by atoms with Gasteiger partial charge in [0, 0.05) is 45.3 Å². The Labute approximate surface area is 152 Å². The number of thiophene rings is 1. The predicted octanol–water partition coefficient (Wildman–Crippen LogP) is 4.51. The first-order chi connectivity index (χ1) is 11.6. The first kappa shape index (κ1) is 15.8. The van der Waals surface area contributed by atoms with Gasteiger partial charge in [0.1, 0.15) is 0 Å². The molecule has 2 heterocycles. The molecule has 5 heteroatoms. The summed E-state index contributed by atoms with van der Waals surface area (Å²) in [6, 6.07) is 12.0. The maximum Gasteiger partial charge on any atom is 0.225 e. The van der Waals surface area contributed by atoms with Gasteiger partial charge >= 0.3 is 0 Å². The highest BCUT2D eigenvalue weighted by Crippen LogP contribution is 2.43. The summed E-state index contributed by atoms with van der Waals surface area (Å²) in [6.45, 7) is 0. The number of carbonyl (C=O) groups is 2. The maximum atomic E-state index is 12.9. The van der Waals surface area contributed by atoms with Crippen molar-refractivity contribution < 1.29 is 9.59 Å². The van der Waals surface area contributed by atoms with E-state index in [1.165, 1.54) is 4.88 Å². The summed E-state index contributed by atoms with van der Waals surface area (Å²) in [5.74, 6) is 0.225. The van der Waals surface area contributed by atoms with Crippen LogP contribution in [0.2, 0.25) is 0 Å². The van der Waals surface area contributed by atoms with Crippen LogP contribution in [0.1, 0.15) is 41.5 Å². The number of benzene rings is 1. The fraction of sp³-hybridized carbons (Fsp3) is 0.263. The summed E-state index contributed by atoms with van der Waals surface area (Å²) in [5.41, 5.74) is 2.67. The quantitative estimate of drug-likeness (QED) is 0.803. The minimum Gasteiger partial charge on any atom is -0.329 e. The largest absolute Gasteiger partial charge is 0.329 e. The van der Waals surface area contributed by atoms with Crippen molar-refractivity contribution in [3.63, 3.8) is 0 Å². The van der Waals surface area contributed by atoms with E-state index in [1.807, 2.05) is 35.7 Å². The molecule has 1 amide bonds. The number of amides is 1. The Morgan fingerprint density at radius 3 is 2.54 bits per heavy atom. The van der Waals surface area contributed by atoms with Crippen molar-refractivity contribution in [1.82, 2.24) is 5.32 Å². The fourth-order valence-electron chi connectivity index (χ4n) is 3.66. The first-order valence-electron chi connectivity index (χ1n) is 7.97. The minimum absolute atomic E-state index is 0.00120. The van der Waals surface area contributed by atoms with Gasteiger partial charge in [0.05, 0.1) is 0 Å². The van der Waals surface area contributed by atoms with E-state index in [4.69, 9.17) is 0 Å². The second-order valence-corrected chi connectivity index (χ2v) is 8.19. The van der Waals surface area contributed by atoms with Crippen LogP contribution in [0.15, 0.2) is 57.5 Å². The Morgan fingerprint density at radius 2 is 1.83 bits per heavy atom. The number of Topliss-reactive ketones (excluding diaryl/α,β-unsaturated/α-hetero) is 1. The van der Waals surface area contributed by atoms with Crippen LogP contribution in [-0.2, 0) is 9.59 Å². The Bertz CT molecular complexity index is 824. The molecule has 1 aromatic heterocycles. The number of hydrogen-bond donors (Lipinski definition) is 1. The van der Waals surface area contributed by atoms with Crippen LogP contribution in [-0.4, -0.2) is 11.7 Å². The van der Waals surface area contributed by atoms with Crippen LogP contribution in [0.3, 0.4) is 0 Å². The van der Waals surface area contributed by atoms with Gasteiger partial charge < -0.3 is 5.32 Å². The van der Waals surface area contributed by atoms with Crippen molar-refractivity contribution in [2.24, 2.45) is 0 Å². The van der Waals surface area contributed by atoms with Crippen molar-refractivity contribution in [2.45, 2.75) is 31.1 Å². The lowest BCUT2D eigenvalue weighted by atomic mass is 9.75. The van der Waals surface area contributed by atoms with Gasteiger partial charge in [-0.2, -0.15) is 0 Å². The Morgan fingerprint density at radius 1 is 1.04 bits per heavy atom. The van der Waals surface area contributed by atoms with Crippen LogP contribution >= 0.6 is 27.3 Å². The number of halogens is 1. The van der Waals surface area contributed by atoms with Gasteiger partial charge in [-0.05, 0) is 35.6 Å². The van der Waals surface area contributed by atoms with Crippen LogP contribution < -0.4 is 5.32 Å². The smallest absolute Gasteiger partial charge is 0.225 e. The molecule has 0 saturated heterocycles. The molecule has 2 aliphatic rings. The highest BCUT2D eigenvalue weighted by atomic mass is 79.9. The molecule has 0 fully saturated rings. The molecule has 0 saturated carbocycles. The Hall–Kier alpha value is -1.72. The highest BCUT2D eigenvalue weighted by Gasteiger charge is 2.38. The van der Waals surface area contributed by atoms with Gasteiger partial charge in [0.25, 0.3) is 0 Å². The molecule has 4 rings (SSSR count). The summed E-state index contributed by atoms with van der Waals surface area (Å²) in [7, 11) is 0. The number of carbonyl (C=O) groups excluding carboxylic acids is 2. The zero-order valence-corrected chi connectivity index (χ0v) is 15.3. The molecule has 0 unspecified atom stereocenters. The lowest BCUT2D eigenvalue weighted by molar-refractivity contribution is -0.122. The molecule has 3 nitrogen and oxygen atoms in total. The Balaban J connectivity index is 1.72. The van der Waals surface area contributed by atoms with Crippen LogP contribution in [0.25, 0.3) is 0 Å². The van der Waals surface area contributed by atoms with E-state index < -0.39 is 0 Å². The van der Waals surface area contributed by atoms with E-state index in [-0.39, 0.29) is 23.5 Å². The number of nitrogens with one attached hydrogen (secondary N) is 1. The van der Waals surface area contributed by atoms with E-state index >= 15 is 0 Å². The van der Waals surface area contributed by atoms with E-state index in [1.54, 1.807) is 11.3 Å². The summed E-state index contributed by atoms with van der Waals surface area (Å²) < 4.78 is 0.994. The number of ketones is 1. The summed E-state index contributed by atoms with van der Waals surface area (Å²) in [4.78, 5) is 26.3. The van der Waals surface area contributed by atoms with Crippen molar-refractivity contribution in [3.8, 4) is 0 Å². The van der Waals surface area contributed by atoms with Crippen LogP contribution in [0.4, 0.5) is 0 Å². The van der Waals surface area contributed by atoms with Gasteiger partial charge in [-0.15, -0.1) is 11.3 Å². The molecule has 24 heavy (non-hydrogen) atoms. The number of hydrogen-bond acceptors (Lipinski definition) is 3. The summed E-state index contributed by atoms with van der Waals surface area (Å²) in [5, 5.41) is 5.00. The lowest BCUT2D eigenvalue weighted by Crippen LogP contribution is -2.38. The van der Waals surface area contributed by atoms with E-state index in [9.17, 15) is 9.59 Å². The molecule has 1 aromatic carbocycles. The SMILES string of the molecule is O=C1C[C@H](c2ccc(Br)cc2)C2=C(C[C@H](c3cccs3)CC2=O)N1. The average Bonchev–Trinajstić information content (AvgIpc) is 3.09. The van der Waals surface area contributed by atoms with E-state index in [0.29, 0.717) is 12.8 Å². The van der Waals surface area contributed by atoms with Gasteiger partial charge in [-0.3, -0.25) is 9.59 Å². The lowest BCUT2D eigenvalue weighted by Gasteiger charge is -2.34. The molecule has 1 aliphatic heterocycles. The van der Waals surface area contributed by atoms with Gasteiger partial charge in [0.2, 0.25) is 5.91 Å². The molecule has 0 spiro atoms. The van der Waals surface area contributed by atoms with Crippen LogP contribution in [0, 0.1) is 0 Å². The fourth-order valence-corrected chi connectivity index (χ4v) is 4.76. The topological polar surface area (TPSA) is 46.2 Å².